The Morgan fingerprint density at radius 1 is 1.00 bits per heavy atom. The molecule has 2 aromatic rings. The maximum absolute atomic E-state index is 13.1. The van der Waals surface area contributed by atoms with Crippen molar-refractivity contribution < 1.29 is 9.59 Å². The molecule has 4 nitrogen and oxygen atoms in total. The van der Waals surface area contributed by atoms with E-state index in [4.69, 9.17) is 0 Å². The van der Waals surface area contributed by atoms with Crippen LogP contribution in [0.5, 0.6) is 0 Å². The van der Waals surface area contributed by atoms with Crippen molar-refractivity contribution in [2.24, 2.45) is 11.8 Å². The van der Waals surface area contributed by atoms with Crippen molar-refractivity contribution in [3.8, 4) is 0 Å². The Balaban J connectivity index is 1.56. The second-order valence-corrected chi connectivity index (χ2v) is 8.35. The minimum absolute atomic E-state index is 0.0254. The third kappa shape index (κ3) is 6.45. The molecule has 1 N–H and O–H groups in total. The monoisotopic (exact) mass is 406 g/mol. The predicted octanol–water partition coefficient (Wildman–Crippen LogP) is 4.59. The van der Waals surface area contributed by atoms with Crippen LogP contribution in [0.2, 0.25) is 0 Å². The number of nitrogens with zero attached hydrogens (tertiary/aromatic N) is 1. The maximum atomic E-state index is 13.1. The summed E-state index contributed by atoms with van der Waals surface area (Å²) in [4.78, 5) is 27.7. The predicted molar refractivity (Wildman–Crippen MR) is 121 cm³/mol. The summed E-state index contributed by atoms with van der Waals surface area (Å²) in [6, 6.07) is 20.2. The van der Waals surface area contributed by atoms with Crippen LogP contribution in [0.25, 0.3) is 0 Å². The van der Waals surface area contributed by atoms with Gasteiger partial charge in [-0.05, 0) is 29.9 Å². The van der Waals surface area contributed by atoms with Crippen molar-refractivity contribution in [1.82, 2.24) is 10.2 Å². The molecule has 3 rings (SSSR count). The van der Waals surface area contributed by atoms with E-state index in [1.807, 2.05) is 53.4 Å². The van der Waals surface area contributed by atoms with E-state index in [1.54, 1.807) is 0 Å². The van der Waals surface area contributed by atoms with Gasteiger partial charge in [-0.15, -0.1) is 0 Å². The Morgan fingerprint density at radius 3 is 2.33 bits per heavy atom. The highest BCUT2D eigenvalue weighted by atomic mass is 16.2. The molecule has 1 aliphatic rings. The van der Waals surface area contributed by atoms with Gasteiger partial charge in [-0.1, -0.05) is 86.8 Å². The average molecular weight is 407 g/mol. The lowest BCUT2D eigenvalue weighted by Gasteiger charge is -2.16. The van der Waals surface area contributed by atoms with Gasteiger partial charge >= 0.3 is 0 Å². The van der Waals surface area contributed by atoms with Crippen LogP contribution in [0.3, 0.4) is 0 Å². The molecular formula is C26H34N2O2. The number of carbonyl (C=O) groups excluding carboxylic acids is 2. The maximum Gasteiger partial charge on any atom is 0.226 e. The van der Waals surface area contributed by atoms with Crippen LogP contribution in [0.1, 0.15) is 50.2 Å². The van der Waals surface area contributed by atoms with Crippen molar-refractivity contribution in [1.29, 1.82) is 0 Å². The topological polar surface area (TPSA) is 49.4 Å². The fourth-order valence-corrected chi connectivity index (χ4v) is 4.32. The molecule has 0 spiro atoms. The van der Waals surface area contributed by atoms with Gasteiger partial charge in [0.2, 0.25) is 11.8 Å². The van der Waals surface area contributed by atoms with E-state index in [2.05, 4.69) is 24.4 Å². The standard InChI is InChI=1S/C26H34N2O2/c1-2-3-6-15-23-20-28(17-16-21-11-7-4-8-12-21)26(30)24(23)18-25(29)27-19-22-13-9-5-10-14-22/h4-5,7-14,23-24H,2-3,6,15-20H2,1H3,(H,27,29)/t23-,24+/m0/s1. The first-order chi connectivity index (χ1) is 14.7. The van der Waals surface area contributed by atoms with Gasteiger partial charge in [-0.3, -0.25) is 9.59 Å². The average Bonchev–Trinajstić information content (AvgIpc) is 3.07. The van der Waals surface area contributed by atoms with E-state index in [0.717, 1.165) is 37.9 Å². The quantitative estimate of drug-likeness (QED) is 0.555. The van der Waals surface area contributed by atoms with Crippen LogP contribution >= 0.6 is 0 Å². The minimum Gasteiger partial charge on any atom is -0.352 e. The van der Waals surface area contributed by atoms with E-state index in [1.165, 1.54) is 18.4 Å². The highest BCUT2D eigenvalue weighted by Gasteiger charge is 2.40. The number of amides is 2. The van der Waals surface area contributed by atoms with Crippen molar-refractivity contribution >= 4 is 11.8 Å². The zero-order chi connectivity index (χ0) is 21.2. The third-order valence-corrected chi connectivity index (χ3v) is 6.08. The molecule has 0 radical (unpaired) electrons. The molecule has 30 heavy (non-hydrogen) atoms. The SMILES string of the molecule is CCCCC[C@H]1CN(CCc2ccccc2)C(=O)[C@@H]1CC(=O)NCc1ccccc1. The summed E-state index contributed by atoms with van der Waals surface area (Å²) in [5.74, 6) is 0.223. The molecule has 1 fully saturated rings. The lowest BCUT2D eigenvalue weighted by Crippen LogP contribution is -2.32. The van der Waals surface area contributed by atoms with Crippen molar-refractivity contribution in [3.05, 3.63) is 71.8 Å². The fourth-order valence-electron chi connectivity index (χ4n) is 4.32. The van der Waals surface area contributed by atoms with E-state index in [9.17, 15) is 9.59 Å². The van der Waals surface area contributed by atoms with Crippen molar-refractivity contribution in [3.63, 3.8) is 0 Å². The van der Waals surface area contributed by atoms with Gasteiger partial charge in [0.15, 0.2) is 0 Å². The molecule has 1 heterocycles. The molecule has 0 aliphatic carbocycles. The number of hydrogen-bond acceptors (Lipinski definition) is 2. The van der Waals surface area contributed by atoms with Gasteiger partial charge in [0.1, 0.15) is 0 Å². The number of hydrogen-bond donors (Lipinski definition) is 1. The molecule has 2 atom stereocenters. The molecule has 160 valence electrons. The normalized spacial score (nSPS) is 18.6. The number of benzene rings is 2. The lowest BCUT2D eigenvalue weighted by atomic mass is 9.87. The summed E-state index contributed by atoms with van der Waals surface area (Å²) in [7, 11) is 0. The van der Waals surface area contributed by atoms with Gasteiger partial charge in [-0.25, -0.2) is 0 Å². The molecule has 2 amide bonds. The second-order valence-electron chi connectivity index (χ2n) is 8.35. The summed E-state index contributed by atoms with van der Waals surface area (Å²) in [5.41, 5.74) is 2.32. The minimum atomic E-state index is -0.187. The fraction of sp³-hybridized carbons (Fsp3) is 0.462. The Hall–Kier alpha value is -2.62. The molecule has 0 bridgehead atoms. The summed E-state index contributed by atoms with van der Waals surface area (Å²) in [6.45, 7) is 4.22. The second kappa shape index (κ2) is 11.5. The molecule has 1 aliphatic heterocycles. The first-order valence-electron chi connectivity index (χ1n) is 11.3. The van der Waals surface area contributed by atoms with E-state index >= 15 is 0 Å². The number of carbonyl (C=O) groups is 2. The van der Waals surface area contributed by atoms with Crippen molar-refractivity contribution in [2.75, 3.05) is 13.1 Å². The Bertz CT molecular complexity index is 791. The highest BCUT2D eigenvalue weighted by molar-refractivity contribution is 5.87. The third-order valence-electron chi connectivity index (χ3n) is 6.08. The smallest absolute Gasteiger partial charge is 0.226 e. The van der Waals surface area contributed by atoms with Crippen LogP contribution in [-0.2, 0) is 22.6 Å². The highest BCUT2D eigenvalue weighted by Crippen LogP contribution is 2.32. The van der Waals surface area contributed by atoms with Crippen LogP contribution in [0, 0.1) is 11.8 Å². The van der Waals surface area contributed by atoms with E-state index in [-0.39, 0.29) is 23.7 Å². The van der Waals surface area contributed by atoms with Gasteiger partial charge in [-0.2, -0.15) is 0 Å². The summed E-state index contributed by atoms with van der Waals surface area (Å²) in [6.07, 6.45) is 5.66. The number of rotatable bonds is 11. The molecule has 0 unspecified atom stereocenters. The first-order valence-corrected chi connectivity index (χ1v) is 11.3. The number of nitrogens with one attached hydrogen (secondary N) is 1. The summed E-state index contributed by atoms with van der Waals surface area (Å²) in [5, 5.41) is 3.00. The van der Waals surface area contributed by atoms with Crippen LogP contribution in [0.15, 0.2) is 60.7 Å². The van der Waals surface area contributed by atoms with Gasteiger partial charge < -0.3 is 10.2 Å². The van der Waals surface area contributed by atoms with E-state index in [0.29, 0.717) is 13.0 Å². The Morgan fingerprint density at radius 2 is 1.67 bits per heavy atom. The van der Waals surface area contributed by atoms with Crippen LogP contribution in [-0.4, -0.2) is 29.8 Å². The Kier molecular flexibility index (Phi) is 8.49. The number of unbranched alkanes of at least 4 members (excludes halogenated alkanes) is 2. The largest absolute Gasteiger partial charge is 0.352 e. The lowest BCUT2D eigenvalue weighted by molar-refractivity contribution is -0.134. The molecular weight excluding hydrogens is 372 g/mol. The van der Waals surface area contributed by atoms with E-state index < -0.39 is 0 Å². The number of likely N-dealkylation sites (tertiary alicyclic amines) is 1. The van der Waals surface area contributed by atoms with Crippen molar-refractivity contribution in [2.45, 2.75) is 52.0 Å². The van der Waals surface area contributed by atoms with Gasteiger partial charge in [0, 0.05) is 26.1 Å². The Labute approximate surface area is 180 Å². The van der Waals surface area contributed by atoms with Crippen LogP contribution in [0.4, 0.5) is 0 Å². The molecule has 1 saturated heterocycles. The van der Waals surface area contributed by atoms with Crippen LogP contribution < -0.4 is 5.32 Å². The molecule has 4 heteroatoms. The van der Waals surface area contributed by atoms with Gasteiger partial charge in [0.05, 0.1) is 5.92 Å². The summed E-state index contributed by atoms with van der Waals surface area (Å²) >= 11 is 0. The zero-order valence-corrected chi connectivity index (χ0v) is 18.1. The first kappa shape index (κ1) is 22.1. The molecule has 0 aromatic heterocycles. The molecule has 2 aromatic carbocycles. The van der Waals surface area contributed by atoms with Gasteiger partial charge in [0.25, 0.3) is 0 Å². The molecule has 0 saturated carbocycles. The summed E-state index contributed by atoms with van der Waals surface area (Å²) < 4.78 is 0. The zero-order valence-electron chi connectivity index (χ0n) is 18.1.